The summed E-state index contributed by atoms with van der Waals surface area (Å²) in [7, 11) is -9.91. The Morgan fingerprint density at radius 3 is 0.687 bits per heavy atom. The molecule has 0 saturated heterocycles. The second kappa shape index (κ2) is 73.0. The van der Waals surface area contributed by atoms with Crippen molar-refractivity contribution in [2.24, 2.45) is 5.92 Å². The Kier molecular flexibility index (Phi) is 71.6. The van der Waals surface area contributed by atoms with Gasteiger partial charge in [0.1, 0.15) is 19.3 Å². The molecule has 0 aliphatic carbocycles. The molecule has 0 amide bonds. The molecule has 2 unspecified atom stereocenters. The summed E-state index contributed by atoms with van der Waals surface area (Å²) < 4.78 is 68.5. The summed E-state index contributed by atoms with van der Waals surface area (Å²) in [6, 6.07) is 0. The van der Waals surface area contributed by atoms with Crippen molar-refractivity contribution < 1.29 is 80.2 Å². The van der Waals surface area contributed by atoms with E-state index in [4.69, 9.17) is 37.0 Å². The molecule has 0 bridgehead atoms. The highest BCUT2D eigenvalue weighted by Gasteiger charge is 2.30. The van der Waals surface area contributed by atoms with Gasteiger partial charge in [0, 0.05) is 25.7 Å². The van der Waals surface area contributed by atoms with Gasteiger partial charge in [-0.15, -0.1) is 0 Å². The highest BCUT2D eigenvalue weighted by atomic mass is 31.2. The van der Waals surface area contributed by atoms with E-state index in [0.29, 0.717) is 25.7 Å². The van der Waals surface area contributed by atoms with E-state index in [2.05, 4.69) is 34.6 Å². The number of hydrogen-bond donors (Lipinski definition) is 3. The third-order valence-electron chi connectivity index (χ3n) is 18.8. The van der Waals surface area contributed by atoms with Crippen LogP contribution in [-0.4, -0.2) is 96.7 Å². The third-order valence-corrected chi connectivity index (χ3v) is 20.7. The fourth-order valence-corrected chi connectivity index (χ4v) is 14.0. The van der Waals surface area contributed by atoms with Crippen molar-refractivity contribution in [2.45, 2.75) is 445 Å². The molecule has 588 valence electrons. The molecule has 0 fully saturated rings. The molecule has 3 N–H and O–H groups in total. The molecule has 99 heavy (non-hydrogen) atoms. The summed E-state index contributed by atoms with van der Waals surface area (Å²) in [5, 5.41) is 10.6. The summed E-state index contributed by atoms with van der Waals surface area (Å²) in [5.41, 5.74) is 0. The van der Waals surface area contributed by atoms with Crippen LogP contribution in [0.3, 0.4) is 0 Å². The summed E-state index contributed by atoms with van der Waals surface area (Å²) in [4.78, 5) is 72.8. The number of aliphatic hydroxyl groups excluding tert-OH is 1. The van der Waals surface area contributed by atoms with Gasteiger partial charge in [-0.05, 0) is 31.6 Å². The molecule has 0 heterocycles. The van der Waals surface area contributed by atoms with Crippen LogP contribution in [-0.2, 0) is 65.4 Å². The normalized spacial score (nSPS) is 13.9. The minimum Gasteiger partial charge on any atom is -0.462 e. The van der Waals surface area contributed by atoms with E-state index in [1.807, 2.05) is 0 Å². The number of ether oxygens (including phenoxy) is 4. The maximum atomic E-state index is 13.1. The number of rotatable bonds is 80. The van der Waals surface area contributed by atoms with Crippen LogP contribution >= 0.6 is 15.6 Å². The Balaban J connectivity index is 5.14. The largest absolute Gasteiger partial charge is 0.472 e. The number of aliphatic hydroxyl groups is 1. The zero-order valence-electron chi connectivity index (χ0n) is 64.6. The fourth-order valence-electron chi connectivity index (χ4n) is 12.4. The van der Waals surface area contributed by atoms with Crippen LogP contribution in [0.15, 0.2) is 0 Å². The summed E-state index contributed by atoms with van der Waals surface area (Å²) >= 11 is 0. The Morgan fingerprint density at radius 2 is 0.465 bits per heavy atom. The van der Waals surface area contributed by atoms with Crippen molar-refractivity contribution in [3.8, 4) is 0 Å². The first kappa shape index (κ1) is 97.1. The highest BCUT2D eigenvalue weighted by molar-refractivity contribution is 7.47. The van der Waals surface area contributed by atoms with E-state index in [1.54, 1.807) is 0 Å². The monoisotopic (exact) mass is 1450 g/mol. The van der Waals surface area contributed by atoms with Gasteiger partial charge in [-0.2, -0.15) is 0 Å². The van der Waals surface area contributed by atoms with Crippen LogP contribution < -0.4 is 0 Å². The minimum absolute atomic E-state index is 0.105. The van der Waals surface area contributed by atoms with Gasteiger partial charge in [0.2, 0.25) is 0 Å². The van der Waals surface area contributed by atoms with E-state index in [9.17, 15) is 43.2 Å². The number of carbonyl (C=O) groups is 4. The predicted molar refractivity (Wildman–Crippen MR) is 405 cm³/mol. The highest BCUT2D eigenvalue weighted by Crippen LogP contribution is 2.45. The van der Waals surface area contributed by atoms with Crippen molar-refractivity contribution in [1.82, 2.24) is 0 Å². The molecule has 0 aromatic rings. The smallest absolute Gasteiger partial charge is 0.462 e. The standard InChI is InChI=1S/C80H156O17P2/c1-6-9-12-15-18-20-22-24-26-28-30-32-34-36-38-40-42-44-50-55-60-65-79(84)96-76(70-91-78(83)64-59-54-49-43-41-39-37-35-33-31-29-27-25-23-21-19-16-13-10-7-2)72-95-99(88,89)93-68-74(81)67-92-98(86,87)94-71-75(69-90-77(82)63-58-53-47-17-14-11-8-3)97-80(85)66-61-56-51-46-45-48-52-57-62-73(4)5/h73-76,81H,6-72H2,1-5H3,(H,86,87)(H,88,89)/t74-,75+,76+/m0/s1. The molecule has 0 aromatic carbocycles. The molecule has 0 spiro atoms. The lowest BCUT2D eigenvalue weighted by molar-refractivity contribution is -0.161. The van der Waals surface area contributed by atoms with Crippen molar-refractivity contribution >= 4 is 39.5 Å². The first-order valence-electron chi connectivity index (χ1n) is 41.6. The van der Waals surface area contributed by atoms with Gasteiger partial charge in [0.25, 0.3) is 0 Å². The van der Waals surface area contributed by atoms with Crippen LogP contribution in [0.5, 0.6) is 0 Å². The molecule has 5 atom stereocenters. The Bertz CT molecular complexity index is 1890. The van der Waals surface area contributed by atoms with Gasteiger partial charge >= 0.3 is 39.5 Å². The summed E-state index contributed by atoms with van der Waals surface area (Å²) in [6.45, 7) is 7.22. The Labute approximate surface area is 607 Å². The fraction of sp³-hybridized carbons (Fsp3) is 0.950. The number of esters is 4. The first-order chi connectivity index (χ1) is 48.0. The molecule has 0 radical (unpaired) electrons. The molecule has 0 aliphatic rings. The van der Waals surface area contributed by atoms with Crippen LogP contribution in [0.2, 0.25) is 0 Å². The summed E-state index contributed by atoms with van der Waals surface area (Å²) in [5.74, 6) is -1.40. The lowest BCUT2D eigenvalue weighted by atomic mass is 10.0. The van der Waals surface area contributed by atoms with Gasteiger partial charge in [-0.25, -0.2) is 9.13 Å². The molecule has 0 saturated carbocycles. The van der Waals surface area contributed by atoms with Crippen molar-refractivity contribution in [3.63, 3.8) is 0 Å². The SMILES string of the molecule is CCCCCCCCCCCCCCCCCCCCCCCC(=O)O[C@H](COC(=O)CCCCCCCCCCCCCCCCCCCCCC)COP(=O)(O)OC[C@@H](O)COP(=O)(O)OC[C@@H](COC(=O)CCCCCCCCC)OC(=O)CCCCCCCCCCC(C)C. The second-order valence-corrected chi connectivity index (χ2v) is 32.2. The molecule has 17 nitrogen and oxygen atoms in total. The Morgan fingerprint density at radius 1 is 0.273 bits per heavy atom. The molecular formula is C80H156O17P2. The molecule has 0 aliphatic heterocycles. The zero-order valence-corrected chi connectivity index (χ0v) is 66.4. The first-order valence-corrected chi connectivity index (χ1v) is 44.6. The Hall–Kier alpha value is -1.94. The maximum absolute atomic E-state index is 13.1. The number of hydrogen-bond acceptors (Lipinski definition) is 15. The second-order valence-electron chi connectivity index (χ2n) is 29.3. The van der Waals surface area contributed by atoms with Gasteiger partial charge in [0.05, 0.1) is 26.4 Å². The van der Waals surface area contributed by atoms with E-state index in [0.717, 1.165) is 109 Å². The zero-order chi connectivity index (χ0) is 72.7. The van der Waals surface area contributed by atoms with Gasteiger partial charge in [-0.3, -0.25) is 37.3 Å². The molecule has 0 rings (SSSR count). The van der Waals surface area contributed by atoms with Crippen molar-refractivity contribution in [2.75, 3.05) is 39.6 Å². The topological polar surface area (TPSA) is 237 Å². The molecule has 19 heteroatoms. The summed E-state index contributed by atoms with van der Waals surface area (Å²) in [6.07, 6.45) is 64.3. The van der Waals surface area contributed by atoms with Crippen LogP contribution in [0, 0.1) is 5.92 Å². The van der Waals surface area contributed by atoms with E-state index < -0.39 is 97.5 Å². The average Bonchev–Trinajstić information content (AvgIpc) is 1.22. The maximum Gasteiger partial charge on any atom is 0.472 e. The lowest BCUT2D eigenvalue weighted by Crippen LogP contribution is -2.30. The van der Waals surface area contributed by atoms with Crippen LogP contribution in [0.1, 0.15) is 426 Å². The van der Waals surface area contributed by atoms with Crippen molar-refractivity contribution in [3.05, 3.63) is 0 Å². The number of unbranched alkanes of at least 4 members (excludes halogenated alkanes) is 52. The quantitative estimate of drug-likeness (QED) is 0.0222. The molecule has 0 aromatic heterocycles. The lowest BCUT2D eigenvalue weighted by Gasteiger charge is -2.21. The predicted octanol–water partition coefficient (Wildman–Crippen LogP) is 24.0. The van der Waals surface area contributed by atoms with Gasteiger partial charge in [-0.1, -0.05) is 375 Å². The van der Waals surface area contributed by atoms with E-state index in [-0.39, 0.29) is 25.7 Å². The minimum atomic E-state index is -4.96. The number of carbonyl (C=O) groups excluding carboxylic acids is 4. The van der Waals surface area contributed by atoms with Crippen LogP contribution in [0.4, 0.5) is 0 Å². The molecular weight excluding hydrogens is 1290 g/mol. The van der Waals surface area contributed by atoms with Gasteiger partial charge < -0.3 is 33.8 Å². The van der Waals surface area contributed by atoms with E-state index >= 15 is 0 Å². The third kappa shape index (κ3) is 74.1. The van der Waals surface area contributed by atoms with Crippen molar-refractivity contribution in [1.29, 1.82) is 0 Å². The van der Waals surface area contributed by atoms with Crippen LogP contribution in [0.25, 0.3) is 0 Å². The number of phosphoric acid groups is 2. The number of phosphoric ester groups is 2. The van der Waals surface area contributed by atoms with Gasteiger partial charge in [0.15, 0.2) is 12.2 Å². The average molecular weight is 1450 g/mol. The van der Waals surface area contributed by atoms with E-state index in [1.165, 1.54) is 238 Å².